The van der Waals surface area contributed by atoms with Gasteiger partial charge in [0.1, 0.15) is 11.9 Å². The molecular weight excluding hydrogens is 531 g/mol. The maximum Gasteiger partial charge on any atom is 0.427 e. The van der Waals surface area contributed by atoms with Gasteiger partial charge >= 0.3 is 18.2 Å². The molecule has 0 saturated heterocycles. The summed E-state index contributed by atoms with van der Waals surface area (Å²) in [5.41, 5.74) is -3.18. The first-order chi connectivity index (χ1) is 17.0. The summed E-state index contributed by atoms with van der Waals surface area (Å²) in [5, 5.41) is 11.0. The van der Waals surface area contributed by atoms with E-state index in [4.69, 9.17) is 9.84 Å². The molecule has 1 aliphatic rings. The molecule has 2 aromatic carbocycles. The van der Waals surface area contributed by atoms with Crippen molar-refractivity contribution in [2.45, 2.75) is 49.5 Å². The summed E-state index contributed by atoms with van der Waals surface area (Å²) in [7, 11) is -4.57. The molecule has 0 spiro atoms. The van der Waals surface area contributed by atoms with Gasteiger partial charge in [0.05, 0.1) is 17.1 Å². The maximum absolute atomic E-state index is 13.8. The van der Waals surface area contributed by atoms with E-state index >= 15 is 0 Å². The predicted octanol–water partition coefficient (Wildman–Crippen LogP) is 4.68. The second-order valence-electron chi connectivity index (χ2n) is 8.49. The SMILES string of the molecule is CC(C)(OC(=O)Nc1ccc2c(c1)N(S(=O)(=O)c1ccc(F)c(F)c1)C[C@H](CCC(=O)O)O2)C(F)(F)F. The molecule has 1 heterocycles. The Morgan fingerprint density at radius 2 is 1.81 bits per heavy atom. The highest BCUT2D eigenvalue weighted by Gasteiger charge is 2.51. The molecule has 1 amide bonds. The number of benzene rings is 2. The fourth-order valence-electron chi connectivity index (χ4n) is 3.25. The second kappa shape index (κ2) is 10.0. The molecule has 2 aromatic rings. The fraction of sp³-hybridized carbons (Fsp3) is 0.364. The molecule has 0 radical (unpaired) electrons. The van der Waals surface area contributed by atoms with Gasteiger partial charge in [-0.25, -0.2) is 22.0 Å². The molecule has 0 bridgehead atoms. The van der Waals surface area contributed by atoms with Crippen molar-refractivity contribution in [2.75, 3.05) is 16.2 Å². The number of ether oxygens (including phenoxy) is 2. The monoisotopic (exact) mass is 552 g/mol. The molecule has 202 valence electrons. The Balaban J connectivity index is 1.97. The van der Waals surface area contributed by atoms with E-state index in [0.717, 1.165) is 16.4 Å². The van der Waals surface area contributed by atoms with Crippen molar-refractivity contribution in [1.29, 1.82) is 0 Å². The number of nitrogens with one attached hydrogen (secondary N) is 1. The van der Waals surface area contributed by atoms with Gasteiger partial charge < -0.3 is 14.6 Å². The van der Waals surface area contributed by atoms with Gasteiger partial charge in [0.25, 0.3) is 10.0 Å². The van der Waals surface area contributed by atoms with Gasteiger partial charge in [-0.2, -0.15) is 13.2 Å². The van der Waals surface area contributed by atoms with E-state index in [9.17, 15) is 40.0 Å². The Labute approximate surface area is 207 Å². The summed E-state index contributed by atoms with van der Waals surface area (Å²) < 4.78 is 104. The number of fused-ring (bicyclic) bond motifs is 1. The summed E-state index contributed by atoms with van der Waals surface area (Å²) in [5.74, 6) is -3.94. The standard InChI is InChI=1S/C22H21F5N2O7S/c1-21(2,22(25,26)27)36-20(32)28-12-3-7-18-17(9-12)29(11-13(35-18)4-8-19(30)31)37(33,34)14-5-6-15(23)16(24)10-14/h3,5-7,9-10,13H,4,8,11H2,1-2H3,(H,28,32)(H,30,31)/t13-/m0/s1. The molecule has 15 heteroatoms. The van der Waals surface area contributed by atoms with Gasteiger partial charge in [-0.05, 0) is 56.7 Å². The van der Waals surface area contributed by atoms with Crippen molar-refractivity contribution in [1.82, 2.24) is 0 Å². The fourth-order valence-corrected chi connectivity index (χ4v) is 4.76. The summed E-state index contributed by atoms with van der Waals surface area (Å²) >= 11 is 0. The van der Waals surface area contributed by atoms with Crippen LogP contribution >= 0.6 is 0 Å². The van der Waals surface area contributed by atoms with E-state index < -0.39 is 63.0 Å². The summed E-state index contributed by atoms with van der Waals surface area (Å²) in [4.78, 5) is 22.4. The van der Waals surface area contributed by atoms with Crippen LogP contribution in [-0.2, 0) is 19.6 Å². The van der Waals surface area contributed by atoms with Crippen LogP contribution in [0.4, 0.5) is 38.1 Å². The van der Waals surface area contributed by atoms with Gasteiger partial charge in [-0.15, -0.1) is 0 Å². The number of anilines is 2. The average molecular weight is 552 g/mol. The number of nitrogens with zero attached hydrogens (tertiary/aromatic N) is 1. The normalized spacial score (nSPS) is 16.0. The predicted molar refractivity (Wildman–Crippen MR) is 119 cm³/mol. The van der Waals surface area contributed by atoms with Crippen LogP contribution in [0, 0.1) is 11.6 Å². The number of hydrogen-bond donors (Lipinski definition) is 2. The highest BCUT2D eigenvalue weighted by molar-refractivity contribution is 7.92. The molecule has 1 atom stereocenters. The number of halogens is 5. The van der Waals surface area contributed by atoms with Crippen LogP contribution in [0.2, 0.25) is 0 Å². The Kier molecular flexibility index (Phi) is 7.58. The summed E-state index contributed by atoms with van der Waals surface area (Å²) in [6.07, 6.45) is -7.75. The highest BCUT2D eigenvalue weighted by atomic mass is 32.2. The van der Waals surface area contributed by atoms with Crippen LogP contribution in [-0.4, -0.2) is 50.0 Å². The lowest BCUT2D eigenvalue weighted by atomic mass is 10.1. The smallest absolute Gasteiger partial charge is 0.427 e. The lowest BCUT2D eigenvalue weighted by Gasteiger charge is -2.35. The van der Waals surface area contributed by atoms with E-state index in [2.05, 4.69) is 10.1 Å². The topological polar surface area (TPSA) is 122 Å². The molecule has 3 rings (SSSR count). The van der Waals surface area contributed by atoms with Crippen LogP contribution in [0.5, 0.6) is 5.75 Å². The van der Waals surface area contributed by atoms with Gasteiger partial charge in [0.15, 0.2) is 11.6 Å². The Morgan fingerprint density at radius 1 is 1.14 bits per heavy atom. The zero-order chi connectivity index (χ0) is 27.8. The summed E-state index contributed by atoms with van der Waals surface area (Å²) in [6.45, 7) is 0.845. The van der Waals surface area contributed by atoms with Crippen LogP contribution in [0.1, 0.15) is 26.7 Å². The molecule has 37 heavy (non-hydrogen) atoms. The Bertz CT molecular complexity index is 1310. The molecule has 0 aliphatic carbocycles. The van der Waals surface area contributed by atoms with Crippen molar-refractivity contribution < 1.29 is 54.5 Å². The lowest BCUT2D eigenvalue weighted by molar-refractivity contribution is -0.242. The number of carbonyl (C=O) groups excluding carboxylic acids is 1. The van der Waals surface area contributed by atoms with E-state index in [1.54, 1.807) is 0 Å². The minimum absolute atomic E-state index is 0.0673. The average Bonchev–Trinajstić information content (AvgIpc) is 2.77. The van der Waals surface area contributed by atoms with Crippen molar-refractivity contribution >= 4 is 33.5 Å². The van der Waals surface area contributed by atoms with E-state index in [1.807, 2.05) is 0 Å². The molecule has 0 saturated carbocycles. The van der Waals surface area contributed by atoms with Gasteiger partial charge in [-0.1, -0.05) is 0 Å². The third-order valence-electron chi connectivity index (χ3n) is 5.33. The third kappa shape index (κ3) is 6.21. The van der Waals surface area contributed by atoms with Crippen LogP contribution in [0.25, 0.3) is 0 Å². The van der Waals surface area contributed by atoms with Gasteiger partial charge in [0.2, 0.25) is 5.60 Å². The molecule has 0 unspecified atom stereocenters. The highest BCUT2D eigenvalue weighted by Crippen LogP contribution is 2.40. The third-order valence-corrected chi connectivity index (χ3v) is 7.10. The van der Waals surface area contributed by atoms with E-state index in [1.165, 1.54) is 12.1 Å². The summed E-state index contributed by atoms with van der Waals surface area (Å²) in [6, 6.07) is 5.38. The van der Waals surface area contributed by atoms with E-state index in [0.29, 0.717) is 26.0 Å². The van der Waals surface area contributed by atoms with Crippen LogP contribution in [0.3, 0.4) is 0 Å². The van der Waals surface area contributed by atoms with E-state index in [-0.39, 0.29) is 30.0 Å². The lowest BCUT2D eigenvalue weighted by Crippen LogP contribution is -2.44. The molecule has 1 aliphatic heterocycles. The number of alkyl halides is 3. The number of carboxylic acid groups (broad SMARTS) is 1. The quantitative estimate of drug-likeness (QED) is 0.479. The molecular formula is C22H21F5N2O7S. The minimum atomic E-state index is -4.87. The Morgan fingerprint density at radius 3 is 2.41 bits per heavy atom. The number of aliphatic carboxylic acids is 1. The van der Waals surface area contributed by atoms with Crippen molar-refractivity contribution in [3.8, 4) is 5.75 Å². The van der Waals surface area contributed by atoms with Gasteiger partial charge in [0, 0.05) is 12.1 Å². The van der Waals surface area contributed by atoms with Crippen molar-refractivity contribution in [2.24, 2.45) is 0 Å². The second-order valence-corrected chi connectivity index (χ2v) is 10.4. The number of carbonyl (C=O) groups is 2. The molecule has 0 aromatic heterocycles. The van der Waals surface area contributed by atoms with Crippen molar-refractivity contribution in [3.63, 3.8) is 0 Å². The molecule has 2 N–H and O–H groups in total. The van der Waals surface area contributed by atoms with Crippen LogP contribution < -0.4 is 14.4 Å². The number of rotatable bonds is 7. The number of sulfonamides is 1. The number of hydrogen-bond acceptors (Lipinski definition) is 6. The Hall–Kier alpha value is -3.62. The zero-order valence-electron chi connectivity index (χ0n) is 19.3. The number of carboxylic acids is 1. The number of amides is 1. The molecule has 0 fully saturated rings. The largest absolute Gasteiger partial charge is 0.486 e. The first-order valence-electron chi connectivity index (χ1n) is 10.6. The van der Waals surface area contributed by atoms with Crippen molar-refractivity contribution in [3.05, 3.63) is 48.0 Å². The van der Waals surface area contributed by atoms with Crippen LogP contribution in [0.15, 0.2) is 41.3 Å². The first-order valence-corrected chi connectivity index (χ1v) is 12.0. The zero-order valence-corrected chi connectivity index (χ0v) is 20.1. The first kappa shape index (κ1) is 28.0. The molecule has 9 nitrogen and oxygen atoms in total. The van der Waals surface area contributed by atoms with Gasteiger partial charge in [-0.3, -0.25) is 14.4 Å². The maximum atomic E-state index is 13.8. The minimum Gasteiger partial charge on any atom is -0.486 e.